The molecule has 0 aromatic heterocycles. The van der Waals surface area contributed by atoms with Gasteiger partial charge in [-0.3, -0.25) is 4.79 Å². The Balaban J connectivity index is 0.00000400. The van der Waals surface area contributed by atoms with E-state index >= 15 is 0 Å². The Hall–Kier alpha value is -0.690. The van der Waals surface area contributed by atoms with Gasteiger partial charge in [0.15, 0.2) is 0 Å². The molecule has 5 nitrogen and oxygen atoms in total. The minimum absolute atomic E-state index is 0. The molecule has 0 aliphatic carbocycles. The molecule has 1 rings (SSSR count). The predicted octanol–water partition coefficient (Wildman–Crippen LogP) is -2.51. The number of carboxylic acids is 1. The van der Waals surface area contributed by atoms with Crippen LogP contribution in [0.15, 0.2) is 24.3 Å². The molecule has 7 heteroatoms. The number of nitrogens with two attached hydrogens (primary N) is 1. The van der Waals surface area contributed by atoms with Crippen LogP contribution in [-0.4, -0.2) is 36.0 Å². The maximum absolute atomic E-state index is 11.2. The van der Waals surface area contributed by atoms with Gasteiger partial charge in [-0.1, -0.05) is 13.0 Å². The molecule has 0 aliphatic heterocycles. The molecule has 0 radical (unpaired) electrons. The van der Waals surface area contributed by atoms with E-state index in [0.717, 1.165) is 11.5 Å². The van der Waals surface area contributed by atoms with Crippen LogP contribution >= 0.6 is 11.8 Å². The van der Waals surface area contributed by atoms with Crippen LogP contribution in [0.5, 0.6) is 0 Å². The van der Waals surface area contributed by atoms with Crippen LogP contribution in [0.4, 0.5) is 5.69 Å². The summed E-state index contributed by atoms with van der Waals surface area (Å²) in [6.07, 6.45) is 0. The Labute approximate surface area is 151 Å². The van der Waals surface area contributed by atoms with Crippen LogP contribution in [0, 0.1) is 0 Å². The standard InChI is InChI=1S/C14H20N2O3S.Na/c1-3-20-8-7-16(10(2)14(18)19)12-6-4-5-11(9-12)13(15)17;/h4-6,9-10H,3,7-8H2,1-2H3,(H2,15,17)(H,18,19);/q;+1/p-1. The summed E-state index contributed by atoms with van der Waals surface area (Å²) in [6.45, 7) is 4.18. The number of thioether (sulfide) groups is 1. The van der Waals surface area contributed by atoms with Gasteiger partial charge in [-0.05, 0) is 30.9 Å². The van der Waals surface area contributed by atoms with Crippen LogP contribution in [0.1, 0.15) is 24.2 Å². The molecule has 1 unspecified atom stereocenters. The molecule has 0 aliphatic rings. The fourth-order valence-corrected chi connectivity index (χ4v) is 2.43. The monoisotopic (exact) mass is 318 g/mol. The number of hydrogen-bond donors (Lipinski definition) is 1. The number of rotatable bonds is 8. The van der Waals surface area contributed by atoms with Crippen LogP contribution in [0.2, 0.25) is 0 Å². The molecule has 0 bridgehead atoms. The van der Waals surface area contributed by atoms with E-state index in [1.54, 1.807) is 47.9 Å². The van der Waals surface area contributed by atoms with Crippen LogP contribution < -0.4 is 45.3 Å². The molecule has 1 atom stereocenters. The van der Waals surface area contributed by atoms with Gasteiger partial charge in [-0.2, -0.15) is 11.8 Å². The van der Waals surface area contributed by atoms with Gasteiger partial charge in [0.05, 0.1) is 12.0 Å². The summed E-state index contributed by atoms with van der Waals surface area (Å²) in [5.41, 5.74) is 6.27. The third-order valence-corrected chi connectivity index (χ3v) is 3.83. The van der Waals surface area contributed by atoms with Gasteiger partial charge in [-0.25, -0.2) is 0 Å². The van der Waals surface area contributed by atoms with Crippen molar-refractivity contribution in [3.63, 3.8) is 0 Å². The zero-order valence-electron chi connectivity index (χ0n) is 12.7. The SMILES string of the molecule is CCSCCN(c1cccc(C(N)=O)c1)C(C)C(=O)[O-].[Na+]. The predicted molar refractivity (Wildman–Crippen MR) is 79.8 cm³/mol. The van der Waals surface area contributed by atoms with Crippen LogP contribution in [0.3, 0.4) is 0 Å². The Kier molecular flexibility index (Phi) is 9.77. The third kappa shape index (κ3) is 6.30. The number of hydrogen-bond acceptors (Lipinski definition) is 5. The molecule has 21 heavy (non-hydrogen) atoms. The molecular formula is C14H19N2NaO3S. The van der Waals surface area contributed by atoms with Crippen molar-refractivity contribution in [1.29, 1.82) is 0 Å². The summed E-state index contributed by atoms with van der Waals surface area (Å²) < 4.78 is 0. The van der Waals surface area contributed by atoms with E-state index in [-0.39, 0.29) is 29.6 Å². The van der Waals surface area contributed by atoms with Gasteiger partial charge < -0.3 is 20.5 Å². The van der Waals surface area contributed by atoms with Crippen molar-refractivity contribution in [3.8, 4) is 0 Å². The zero-order chi connectivity index (χ0) is 15.1. The first-order chi connectivity index (χ1) is 9.47. The second-order valence-electron chi connectivity index (χ2n) is 4.30. The summed E-state index contributed by atoms with van der Waals surface area (Å²) >= 11 is 1.72. The van der Waals surface area contributed by atoms with Crippen molar-refractivity contribution in [1.82, 2.24) is 0 Å². The number of carbonyl (C=O) groups excluding carboxylic acids is 2. The Morgan fingerprint density at radius 3 is 2.62 bits per heavy atom. The second-order valence-corrected chi connectivity index (χ2v) is 5.69. The quantitative estimate of drug-likeness (QED) is 0.423. The van der Waals surface area contributed by atoms with E-state index in [4.69, 9.17) is 5.73 Å². The zero-order valence-corrected chi connectivity index (χ0v) is 15.5. The molecule has 1 amide bonds. The maximum atomic E-state index is 11.2. The van der Waals surface area contributed by atoms with Gasteiger partial charge >= 0.3 is 29.6 Å². The molecule has 1 aromatic rings. The van der Waals surface area contributed by atoms with Crippen molar-refractivity contribution in [2.24, 2.45) is 5.73 Å². The van der Waals surface area contributed by atoms with Gasteiger partial charge in [0.1, 0.15) is 0 Å². The summed E-state index contributed by atoms with van der Waals surface area (Å²) in [5.74, 6) is 0.0934. The van der Waals surface area contributed by atoms with Gasteiger partial charge in [0.2, 0.25) is 5.91 Å². The normalized spacial score (nSPS) is 11.3. The van der Waals surface area contributed by atoms with Crippen LogP contribution in [0.25, 0.3) is 0 Å². The van der Waals surface area contributed by atoms with Gasteiger partial charge in [0, 0.05) is 23.5 Å². The van der Waals surface area contributed by atoms with E-state index in [1.807, 2.05) is 6.92 Å². The number of nitrogens with zero attached hydrogens (tertiary/aromatic N) is 1. The Bertz CT molecular complexity index is 485. The summed E-state index contributed by atoms with van der Waals surface area (Å²) in [5, 5.41) is 11.1. The first kappa shape index (κ1) is 20.3. The Morgan fingerprint density at radius 2 is 2.10 bits per heavy atom. The topological polar surface area (TPSA) is 86.5 Å². The minimum Gasteiger partial charge on any atom is -0.548 e. The van der Waals surface area contributed by atoms with E-state index < -0.39 is 17.9 Å². The summed E-state index contributed by atoms with van der Waals surface area (Å²) in [6, 6.07) is 5.91. The molecule has 0 fully saturated rings. The third-order valence-electron chi connectivity index (χ3n) is 2.95. The summed E-state index contributed by atoms with van der Waals surface area (Å²) in [4.78, 5) is 24.0. The number of benzene rings is 1. The van der Waals surface area contributed by atoms with Crippen molar-refractivity contribution < 1.29 is 44.3 Å². The van der Waals surface area contributed by atoms with Crippen LogP contribution in [-0.2, 0) is 4.79 Å². The number of carboxylic acid groups (broad SMARTS) is 1. The molecule has 0 saturated carbocycles. The number of carbonyl (C=O) groups is 2. The van der Waals surface area contributed by atoms with Gasteiger partial charge in [0.25, 0.3) is 0 Å². The number of aliphatic carboxylic acids is 1. The van der Waals surface area contributed by atoms with Crippen molar-refractivity contribution in [2.45, 2.75) is 19.9 Å². The molecule has 0 spiro atoms. The first-order valence-electron chi connectivity index (χ1n) is 6.42. The molecule has 1 aromatic carbocycles. The van der Waals surface area contributed by atoms with E-state index in [1.165, 1.54) is 0 Å². The smallest absolute Gasteiger partial charge is 0.548 e. The molecule has 2 N–H and O–H groups in total. The van der Waals surface area contributed by atoms with E-state index in [0.29, 0.717) is 17.8 Å². The first-order valence-corrected chi connectivity index (χ1v) is 7.58. The number of amides is 1. The van der Waals surface area contributed by atoms with Gasteiger partial charge in [-0.15, -0.1) is 0 Å². The molecule has 110 valence electrons. The maximum Gasteiger partial charge on any atom is 1.00 e. The van der Waals surface area contributed by atoms with E-state index in [2.05, 4.69) is 0 Å². The average molecular weight is 318 g/mol. The second kappa shape index (κ2) is 10.1. The molecular weight excluding hydrogens is 299 g/mol. The average Bonchev–Trinajstić information content (AvgIpc) is 2.43. The van der Waals surface area contributed by atoms with E-state index in [9.17, 15) is 14.7 Å². The number of anilines is 1. The fraction of sp³-hybridized carbons (Fsp3) is 0.429. The minimum atomic E-state index is -1.14. The Morgan fingerprint density at radius 1 is 1.43 bits per heavy atom. The fourth-order valence-electron chi connectivity index (χ4n) is 1.82. The van der Waals surface area contributed by atoms with Crippen molar-refractivity contribution in [2.75, 3.05) is 23.0 Å². The molecule has 0 heterocycles. The summed E-state index contributed by atoms with van der Waals surface area (Å²) in [7, 11) is 0. The molecule has 0 saturated heterocycles. The van der Waals surface area contributed by atoms with Crippen molar-refractivity contribution in [3.05, 3.63) is 29.8 Å². The van der Waals surface area contributed by atoms with Crippen molar-refractivity contribution >= 4 is 29.3 Å². The largest absolute Gasteiger partial charge is 1.00 e. The number of primary amides is 1.